The van der Waals surface area contributed by atoms with Gasteiger partial charge in [0.15, 0.2) is 0 Å². The number of hydrogen-bond donors (Lipinski definition) is 2. The average Bonchev–Trinajstić information content (AvgIpc) is 2.89. The number of aryl methyl sites for hydroxylation is 3. The summed E-state index contributed by atoms with van der Waals surface area (Å²) >= 11 is 1.45. The summed E-state index contributed by atoms with van der Waals surface area (Å²) in [5, 5.41) is 0.996. The number of nitrogens with zero attached hydrogens (tertiary/aromatic N) is 1. The molecule has 0 saturated heterocycles. The molecule has 1 heterocycles. The molecule has 20 heavy (non-hydrogen) atoms. The summed E-state index contributed by atoms with van der Waals surface area (Å²) in [6.07, 6.45) is 3.56. The van der Waals surface area contributed by atoms with Gasteiger partial charge in [-0.2, -0.15) is 0 Å². The maximum atomic E-state index is 11.7. The number of aromatic nitrogens is 1. The molecular formula is C15H19N3OS. The fraction of sp³-hybridized carbons (Fsp3) is 0.333. The number of amides is 1. The van der Waals surface area contributed by atoms with E-state index in [2.05, 4.69) is 29.5 Å². The van der Waals surface area contributed by atoms with Crippen molar-refractivity contribution in [2.24, 2.45) is 5.84 Å². The standard InChI is InChI=1S/C15H19N3OS/c1-2-6-12-14(15(19)18-16)20-13(17-12)10-9-11-7-4-3-5-8-11/h3-5,7-8H,2,6,9-10,16H2,1H3,(H,18,19). The fourth-order valence-corrected chi connectivity index (χ4v) is 3.07. The summed E-state index contributed by atoms with van der Waals surface area (Å²) in [4.78, 5) is 17.0. The molecule has 0 bridgehead atoms. The first kappa shape index (κ1) is 14.7. The number of carbonyl (C=O) groups is 1. The van der Waals surface area contributed by atoms with Gasteiger partial charge in [-0.15, -0.1) is 11.3 Å². The highest BCUT2D eigenvalue weighted by Gasteiger charge is 2.16. The number of hydrogen-bond acceptors (Lipinski definition) is 4. The van der Waals surface area contributed by atoms with Crippen molar-refractivity contribution in [1.82, 2.24) is 10.4 Å². The Kier molecular flexibility index (Phi) is 5.26. The molecule has 1 aromatic heterocycles. The van der Waals surface area contributed by atoms with E-state index in [1.54, 1.807) is 0 Å². The number of nitrogen functional groups attached to an aromatic ring is 1. The van der Waals surface area contributed by atoms with Crippen molar-refractivity contribution in [3.8, 4) is 0 Å². The summed E-state index contributed by atoms with van der Waals surface area (Å²) in [6, 6.07) is 10.3. The van der Waals surface area contributed by atoms with Crippen molar-refractivity contribution in [3.05, 3.63) is 51.5 Å². The van der Waals surface area contributed by atoms with E-state index in [-0.39, 0.29) is 5.91 Å². The predicted molar refractivity (Wildman–Crippen MR) is 81.6 cm³/mol. The second-order valence-electron chi connectivity index (χ2n) is 4.59. The van der Waals surface area contributed by atoms with Crippen molar-refractivity contribution in [1.29, 1.82) is 0 Å². The van der Waals surface area contributed by atoms with E-state index in [0.717, 1.165) is 36.4 Å². The van der Waals surface area contributed by atoms with Gasteiger partial charge in [0.05, 0.1) is 10.7 Å². The quantitative estimate of drug-likeness (QED) is 0.488. The minimum Gasteiger partial charge on any atom is -0.289 e. The molecule has 0 atom stereocenters. The minimum absolute atomic E-state index is 0.239. The van der Waals surface area contributed by atoms with E-state index in [1.807, 2.05) is 18.2 Å². The number of thiazole rings is 1. The molecule has 2 aromatic rings. The van der Waals surface area contributed by atoms with Crippen LogP contribution in [-0.4, -0.2) is 10.9 Å². The van der Waals surface area contributed by atoms with Gasteiger partial charge >= 0.3 is 0 Å². The highest BCUT2D eigenvalue weighted by molar-refractivity contribution is 7.13. The van der Waals surface area contributed by atoms with Crippen LogP contribution in [0.2, 0.25) is 0 Å². The van der Waals surface area contributed by atoms with Crippen LogP contribution >= 0.6 is 11.3 Å². The maximum Gasteiger partial charge on any atom is 0.277 e. The van der Waals surface area contributed by atoms with Gasteiger partial charge in [0, 0.05) is 6.42 Å². The number of nitrogens with one attached hydrogen (secondary N) is 1. The number of benzene rings is 1. The van der Waals surface area contributed by atoms with E-state index in [9.17, 15) is 4.79 Å². The van der Waals surface area contributed by atoms with Crippen molar-refractivity contribution < 1.29 is 4.79 Å². The topological polar surface area (TPSA) is 68.0 Å². The van der Waals surface area contributed by atoms with E-state index in [4.69, 9.17) is 5.84 Å². The van der Waals surface area contributed by atoms with E-state index in [1.165, 1.54) is 16.9 Å². The van der Waals surface area contributed by atoms with E-state index < -0.39 is 0 Å². The van der Waals surface area contributed by atoms with Crippen LogP contribution in [-0.2, 0) is 19.3 Å². The molecule has 4 nitrogen and oxygen atoms in total. The Morgan fingerprint density at radius 2 is 2.00 bits per heavy atom. The summed E-state index contributed by atoms with van der Waals surface area (Å²) in [6.45, 7) is 2.08. The van der Waals surface area contributed by atoms with Crippen LogP contribution in [0, 0.1) is 0 Å². The third-order valence-electron chi connectivity index (χ3n) is 3.04. The molecule has 0 unspecified atom stereocenters. The van der Waals surface area contributed by atoms with Crippen LogP contribution in [0.25, 0.3) is 0 Å². The van der Waals surface area contributed by atoms with Gasteiger partial charge in [0.1, 0.15) is 4.88 Å². The van der Waals surface area contributed by atoms with Gasteiger partial charge in [-0.05, 0) is 18.4 Å². The van der Waals surface area contributed by atoms with Crippen LogP contribution in [0.1, 0.15) is 39.3 Å². The van der Waals surface area contributed by atoms with Crippen LogP contribution in [0.4, 0.5) is 0 Å². The Balaban J connectivity index is 2.10. The fourth-order valence-electron chi connectivity index (χ4n) is 2.05. The van der Waals surface area contributed by atoms with Gasteiger partial charge in [0.2, 0.25) is 0 Å². The molecule has 0 aliphatic heterocycles. The lowest BCUT2D eigenvalue weighted by Crippen LogP contribution is -2.30. The molecule has 0 saturated carbocycles. The SMILES string of the molecule is CCCc1nc(CCc2ccccc2)sc1C(=O)NN. The number of nitrogens with two attached hydrogens (primary N) is 1. The first-order valence-corrected chi connectivity index (χ1v) is 7.59. The molecule has 0 aliphatic rings. The number of rotatable bonds is 6. The van der Waals surface area contributed by atoms with Gasteiger partial charge in [-0.1, -0.05) is 43.7 Å². The average molecular weight is 289 g/mol. The third-order valence-corrected chi connectivity index (χ3v) is 4.19. The van der Waals surface area contributed by atoms with Crippen molar-refractivity contribution >= 4 is 17.2 Å². The highest BCUT2D eigenvalue weighted by Crippen LogP contribution is 2.21. The van der Waals surface area contributed by atoms with Crippen molar-refractivity contribution in [2.45, 2.75) is 32.6 Å². The number of carbonyl (C=O) groups excluding carboxylic acids is 1. The van der Waals surface area contributed by atoms with E-state index >= 15 is 0 Å². The first-order chi connectivity index (χ1) is 9.74. The summed E-state index contributed by atoms with van der Waals surface area (Å²) in [5.74, 6) is 4.98. The molecule has 2 rings (SSSR count). The Hall–Kier alpha value is -1.72. The third kappa shape index (κ3) is 3.65. The van der Waals surface area contributed by atoms with Crippen molar-refractivity contribution in [3.63, 3.8) is 0 Å². The first-order valence-electron chi connectivity index (χ1n) is 6.78. The monoisotopic (exact) mass is 289 g/mol. The largest absolute Gasteiger partial charge is 0.289 e. The molecule has 106 valence electrons. The summed E-state index contributed by atoms with van der Waals surface area (Å²) in [5.41, 5.74) is 4.35. The second-order valence-corrected chi connectivity index (χ2v) is 5.68. The normalized spacial score (nSPS) is 10.5. The maximum absolute atomic E-state index is 11.7. The van der Waals surface area contributed by atoms with Crippen LogP contribution in [0.5, 0.6) is 0 Å². The lowest BCUT2D eigenvalue weighted by atomic mass is 10.1. The Morgan fingerprint density at radius 3 is 2.65 bits per heavy atom. The lowest BCUT2D eigenvalue weighted by molar-refractivity contribution is 0.0956. The van der Waals surface area contributed by atoms with Gasteiger partial charge in [0.25, 0.3) is 5.91 Å². The Morgan fingerprint density at radius 1 is 1.25 bits per heavy atom. The molecular weight excluding hydrogens is 270 g/mol. The van der Waals surface area contributed by atoms with Gasteiger partial charge < -0.3 is 0 Å². The molecule has 0 fully saturated rings. The molecule has 3 N–H and O–H groups in total. The zero-order chi connectivity index (χ0) is 14.4. The molecule has 5 heteroatoms. The summed E-state index contributed by atoms with van der Waals surface area (Å²) < 4.78 is 0. The van der Waals surface area contributed by atoms with Gasteiger partial charge in [-0.25, -0.2) is 10.8 Å². The molecule has 1 amide bonds. The Bertz CT molecular complexity index is 566. The van der Waals surface area contributed by atoms with Gasteiger partial charge in [-0.3, -0.25) is 10.2 Å². The van der Waals surface area contributed by atoms with Crippen molar-refractivity contribution in [2.75, 3.05) is 0 Å². The minimum atomic E-state index is -0.239. The summed E-state index contributed by atoms with van der Waals surface area (Å²) in [7, 11) is 0. The van der Waals surface area contributed by atoms with E-state index in [0.29, 0.717) is 4.88 Å². The lowest BCUT2D eigenvalue weighted by Gasteiger charge is -1.97. The zero-order valence-corrected chi connectivity index (χ0v) is 12.4. The zero-order valence-electron chi connectivity index (χ0n) is 11.6. The van der Waals surface area contributed by atoms with Crippen LogP contribution in [0.15, 0.2) is 30.3 Å². The molecule has 0 spiro atoms. The van der Waals surface area contributed by atoms with Crippen LogP contribution < -0.4 is 11.3 Å². The van der Waals surface area contributed by atoms with Crippen LogP contribution in [0.3, 0.4) is 0 Å². The highest BCUT2D eigenvalue weighted by atomic mass is 32.1. The molecule has 0 aliphatic carbocycles. The Labute approximate surface area is 123 Å². The number of hydrazine groups is 1. The smallest absolute Gasteiger partial charge is 0.277 e. The second kappa shape index (κ2) is 7.17. The molecule has 1 aromatic carbocycles. The predicted octanol–water partition coefficient (Wildman–Crippen LogP) is 2.48. The molecule has 0 radical (unpaired) electrons.